The third-order valence-corrected chi connectivity index (χ3v) is 2.96. The fraction of sp³-hybridized carbons (Fsp3) is 0.250. The van der Waals surface area contributed by atoms with Crippen LogP contribution in [0.1, 0.15) is 13.8 Å². The Morgan fingerprint density at radius 3 is 2.25 bits per heavy atom. The molecule has 3 nitrogen and oxygen atoms in total. The Labute approximate surface area is 118 Å². The fourth-order valence-corrected chi connectivity index (χ4v) is 1.90. The van der Waals surface area contributed by atoms with Crippen molar-refractivity contribution >= 4 is 17.1 Å². The summed E-state index contributed by atoms with van der Waals surface area (Å²) < 4.78 is 18.6. The molecule has 0 radical (unpaired) electrons. The molecule has 2 aromatic rings. The van der Waals surface area contributed by atoms with Gasteiger partial charge in [-0.15, -0.1) is 0 Å². The Morgan fingerprint density at radius 1 is 1.05 bits per heavy atom. The van der Waals surface area contributed by atoms with E-state index in [9.17, 15) is 4.39 Å². The first-order valence-corrected chi connectivity index (χ1v) is 6.53. The van der Waals surface area contributed by atoms with Crippen LogP contribution in [-0.2, 0) is 0 Å². The number of benzene rings is 2. The second kappa shape index (κ2) is 5.82. The average molecular weight is 274 g/mol. The highest BCUT2D eigenvalue weighted by Gasteiger charge is 2.09. The standard InChI is InChI=1S/C16H19FN2O/c1-11(2)20-16-10-14(8-9-15(16)18)19(3)13-6-4-12(17)5-7-13/h4-11H,18H2,1-3H3. The van der Waals surface area contributed by atoms with Crippen molar-refractivity contribution in [3.63, 3.8) is 0 Å². The highest BCUT2D eigenvalue weighted by atomic mass is 19.1. The SMILES string of the molecule is CC(C)Oc1cc(N(C)c2ccc(F)cc2)ccc1N. The molecule has 0 aliphatic rings. The molecule has 2 rings (SSSR count). The molecular formula is C16H19FN2O. The predicted molar refractivity (Wildman–Crippen MR) is 81.1 cm³/mol. The topological polar surface area (TPSA) is 38.5 Å². The zero-order valence-corrected chi connectivity index (χ0v) is 11.9. The van der Waals surface area contributed by atoms with E-state index in [2.05, 4.69) is 0 Å². The van der Waals surface area contributed by atoms with E-state index in [4.69, 9.17) is 10.5 Å². The molecule has 106 valence electrons. The maximum Gasteiger partial charge on any atom is 0.144 e. The number of nitrogens with zero attached hydrogens (tertiary/aromatic N) is 1. The number of nitrogen functional groups attached to an aromatic ring is 1. The minimum Gasteiger partial charge on any atom is -0.489 e. The molecule has 0 saturated carbocycles. The lowest BCUT2D eigenvalue weighted by atomic mass is 10.2. The van der Waals surface area contributed by atoms with Gasteiger partial charge in [0.2, 0.25) is 0 Å². The molecule has 4 heteroatoms. The van der Waals surface area contributed by atoms with Gasteiger partial charge in [0.05, 0.1) is 11.8 Å². The maximum absolute atomic E-state index is 13.0. The van der Waals surface area contributed by atoms with E-state index in [-0.39, 0.29) is 11.9 Å². The Hall–Kier alpha value is -2.23. The normalized spacial score (nSPS) is 10.7. The molecule has 0 aromatic heterocycles. The molecule has 0 aliphatic heterocycles. The predicted octanol–water partition coefficient (Wildman–Crippen LogP) is 3.96. The lowest BCUT2D eigenvalue weighted by Gasteiger charge is -2.21. The first-order valence-electron chi connectivity index (χ1n) is 6.53. The Bertz CT molecular complexity index is 582. The van der Waals surface area contributed by atoms with Gasteiger partial charge in [0, 0.05) is 24.5 Å². The van der Waals surface area contributed by atoms with Crippen LogP contribution >= 0.6 is 0 Å². The summed E-state index contributed by atoms with van der Waals surface area (Å²) in [5.41, 5.74) is 8.34. The van der Waals surface area contributed by atoms with E-state index < -0.39 is 0 Å². The Morgan fingerprint density at radius 2 is 1.65 bits per heavy atom. The van der Waals surface area contributed by atoms with Crippen LogP contribution in [0, 0.1) is 5.82 Å². The molecule has 0 fully saturated rings. The lowest BCUT2D eigenvalue weighted by molar-refractivity contribution is 0.244. The van der Waals surface area contributed by atoms with Gasteiger partial charge in [-0.25, -0.2) is 4.39 Å². The molecule has 2 N–H and O–H groups in total. The number of rotatable bonds is 4. The van der Waals surface area contributed by atoms with Gasteiger partial charge in [0.25, 0.3) is 0 Å². The summed E-state index contributed by atoms with van der Waals surface area (Å²) in [7, 11) is 1.91. The average Bonchev–Trinajstić information content (AvgIpc) is 2.41. The number of nitrogens with two attached hydrogens (primary N) is 1. The van der Waals surface area contributed by atoms with E-state index in [1.165, 1.54) is 12.1 Å². The minimum absolute atomic E-state index is 0.0590. The molecule has 0 heterocycles. The monoisotopic (exact) mass is 274 g/mol. The van der Waals surface area contributed by atoms with E-state index in [0.29, 0.717) is 11.4 Å². The molecule has 0 bridgehead atoms. The van der Waals surface area contributed by atoms with Crippen LogP contribution in [0.3, 0.4) is 0 Å². The van der Waals surface area contributed by atoms with Crippen LogP contribution in [0.2, 0.25) is 0 Å². The van der Waals surface area contributed by atoms with Crippen LogP contribution in [0.25, 0.3) is 0 Å². The van der Waals surface area contributed by atoms with Crippen LogP contribution in [0.4, 0.5) is 21.5 Å². The molecular weight excluding hydrogens is 255 g/mol. The summed E-state index contributed by atoms with van der Waals surface area (Å²) in [5.74, 6) is 0.412. The molecule has 0 unspecified atom stereocenters. The van der Waals surface area contributed by atoms with Gasteiger partial charge >= 0.3 is 0 Å². The van der Waals surface area contributed by atoms with Crippen molar-refractivity contribution in [3.8, 4) is 5.75 Å². The van der Waals surface area contributed by atoms with E-state index in [1.54, 1.807) is 12.1 Å². The molecule has 20 heavy (non-hydrogen) atoms. The smallest absolute Gasteiger partial charge is 0.144 e. The second-order valence-electron chi connectivity index (χ2n) is 4.92. The number of ether oxygens (including phenoxy) is 1. The first-order chi connectivity index (χ1) is 9.47. The summed E-state index contributed by atoms with van der Waals surface area (Å²) in [6.07, 6.45) is 0.0590. The summed E-state index contributed by atoms with van der Waals surface area (Å²) >= 11 is 0. The van der Waals surface area contributed by atoms with Crippen LogP contribution in [0.5, 0.6) is 5.75 Å². The quantitative estimate of drug-likeness (QED) is 0.857. The summed E-state index contributed by atoms with van der Waals surface area (Å²) in [4.78, 5) is 1.95. The highest BCUT2D eigenvalue weighted by Crippen LogP contribution is 2.31. The molecule has 0 aliphatic carbocycles. The fourth-order valence-electron chi connectivity index (χ4n) is 1.90. The first kappa shape index (κ1) is 14.2. The van der Waals surface area contributed by atoms with Gasteiger partial charge in [-0.3, -0.25) is 0 Å². The summed E-state index contributed by atoms with van der Waals surface area (Å²) in [5, 5.41) is 0. The molecule has 0 amide bonds. The van der Waals surface area contributed by atoms with Gasteiger partial charge in [-0.2, -0.15) is 0 Å². The highest BCUT2D eigenvalue weighted by molar-refractivity contribution is 5.68. The van der Waals surface area contributed by atoms with Crippen LogP contribution < -0.4 is 15.4 Å². The lowest BCUT2D eigenvalue weighted by Crippen LogP contribution is -2.11. The van der Waals surface area contributed by atoms with Crippen molar-refractivity contribution in [1.82, 2.24) is 0 Å². The number of hydrogen-bond acceptors (Lipinski definition) is 3. The third-order valence-electron chi connectivity index (χ3n) is 2.96. The zero-order chi connectivity index (χ0) is 14.7. The van der Waals surface area contributed by atoms with Gasteiger partial charge in [-0.05, 0) is 50.2 Å². The van der Waals surface area contributed by atoms with Crippen molar-refractivity contribution in [3.05, 3.63) is 48.3 Å². The van der Waals surface area contributed by atoms with Crippen LogP contribution in [-0.4, -0.2) is 13.2 Å². The second-order valence-corrected chi connectivity index (χ2v) is 4.92. The van der Waals surface area contributed by atoms with Gasteiger partial charge in [0.1, 0.15) is 11.6 Å². The summed E-state index contributed by atoms with van der Waals surface area (Å²) in [6.45, 7) is 3.91. The molecule has 2 aromatic carbocycles. The van der Waals surface area contributed by atoms with Gasteiger partial charge in [-0.1, -0.05) is 0 Å². The Balaban J connectivity index is 2.30. The molecule has 0 saturated heterocycles. The van der Waals surface area contributed by atoms with Crippen molar-refractivity contribution < 1.29 is 9.13 Å². The number of hydrogen-bond donors (Lipinski definition) is 1. The number of halogens is 1. The van der Waals surface area contributed by atoms with Crippen molar-refractivity contribution in [2.75, 3.05) is 17.7 Å². The third kappa shape index (κ3) is 3.20. The van der Waals surface area contributed by atoms with Crippen molar-refractivity contribution in [1.29, 1.82) is 0 Å². The number of anilines is 3. The van der Waals surface area contributed by atoms with Crippen LogP contribution in [0.15, 0.2) is 42.5 Å². The van der Waals surface area contributed by atoms with E-state index in [0.717, 1.165) is 11.4 Å². The van der Waals surface area contributed by atoms with Gasteiger partial charge in [0.15, 0.2) is 0 Å². The Kier molecular flexibility index (Phi) is 4.13. The summed E-state index contributed by atoms with van der Waals surface area (Å²) in [6, 6.07) is 11.9. The maximum atomic E-state index is 13.0. The molecule has 0 spiro atoms. The largest absolute Gasteiger partial charge is 0.489 e. The molecule has 0 atom stereocenters. The van der Waals surface area contributed by atoms with E-state index in [1.807, 2.05) is 44.0 Å². The van der Waals surface area contributed by atoms with Crippen molar-refractivity contribution in [2.24, 2.45) is 0 Å². The van der Waals surface area contributed by atoms with Gasteiger partial charge < -0.3 is 15.4 Å². The minimum atomic E-state index is -0.247. The van der Waals surface area contributed by atoms with E-state index >= 15 is 0 Å². The van der Waals surface area contributed by atoms with Crippen molar-refractivity contribution in [2.45, 2.75) is 20.0 Å². The zero-order valence-electron chi connectivity index (χ0n) is 11.9.